The van der Waals surface area contributed by atoms with Crippen molar-refractivity contribution in [2.45, 2.75) is 12.8 Å². The van der Waals surface area contributed by atoms with Crippen molar-refractivity contribution < 1.29 is 0 Å². The SMILES string of the molecule is ClCC(CCl)(Cc1ccccc1)Cc1ccc(Cl)cc1Cl. The molecule has 0 fully saturated rings. The van der Waals surface area contributed by atoms with Crippen LogP contribution in [0.3, 0.4) is 0 Å². The molecule has 0 amide bonds. The number of halogens is 4. The fourth-order valence-electron chi connectivity index (χ4n) is 2.39. The zero-order valence-electron chi connectivity index (χ0n) is 11.5. The van der Waals surface area contributed by atoms with Crippen molar-refractivity contribution in [1.29, 1.82) is 0 Å². The van der Waals surface area contributed by atoms with Crippen LogP contribution in [0.5, 0.6) is 0 Å². The predicted molar refractivity (Wildman–Crippen MR) is 94.2 cm³/mol. The van der Waals surface area contributed by atoms with E-state index >= 15 is 0 Å². The van der Waals surface area contributed by atoms with Crippen LogP contribution in [-0.4, -0.2) is 11.8 Å². The van der Waals surface area contributed by atoms with Gasteiger partial charge in [-0.05, 0) is 36.1 Å². The van der Waals surface area contributed by atoms with Gasteiger partial charge in [-0.3, -0.25) is 0 Å². The lowest BCUT2D eigenvalue weighted by Gasteiger charge is -2.30. The summed E-state index contributed by atoms with van der Waals surface area (Å²) in [5.74, 6) is 0.953. The van der Waals surface area contributed by atoms with Crippen molar-refractivity contribution in [3.8, 4) is 0 Å². The fraction of sp³-hybridized carbons (Fsp3) is 0.294. The Morgan fingerprint density at radius 3 is 2.05 bits per heavy atom. The van der Waals surface area contributed by atoms with Gasteiger partial charge in [-0.15, -0.1) is 23.2 Å². The van der Waals surface area contributed by atoms with E-state index in [9.17, 15) is 0 Å². The molecule has 0 spiro atoms. The van der Waals surface area contributed by atoms with Gasteiger partial charge in [-0.2, -0.15) is 0 Å². The van der Waals surface area contributed by atoms with E-state index in [4.69, 9.17) is 46.4 Å². The summed E-state index contributed by atoms with van der Waals surface area (Å²) in [6, 6.07) is 15.8. The minimum Gasteiger partial charge on any atom is -0.126 e. The monoisotopic (exact) mass is 360 g/mol. The maximum Gasteiger partial charge on any atom is 0.0453 e. The maximum absolute atomic E-state index is 6.28. The van der Waals surface area contributed by atoms with Crippen molar-refractivity contribution in [3.05, 3.63) is 69.7 Å². The molecule has 0 N–H and O–H groups in total. The van der Waals surface area contributed by atoms with Gasteiger partial charge in [0.25, 0.3) is 0 Å². The Labute approximate surface area is 146 Å². The van der Waals surface area contributed by atoms with Crippen molar-refractivity contribution in [3.63, 3.8) is 0 Å². The highest BCUT2D eigenvalue weighted by atomic mass is 35.5. The lowest BCUT2D eigenvalue weighted by atomic mass is 9.80. The van der Waals surface area contributed by atoms with Crippen LogP contribution in [0.15, 0.2) is 48.5 Å². The molecule has 21 heavy (non-hydrogen) atoms. The highest BCUT2D eigenvalue weighted by Crippen LogP contribution is 2.34. The molecule has 0 atom stereocenters. The molecular weight excluding hydrogens is 346 g/mol. The summed E-state index contributed by atoms with van der Waals surface area (Å²) in [7, 11) is 0. The lowest BCUT2D eigenvalue weighted by Crippen LogP contribution is -2.31. The fourth-order valence-corrected chi connectivity index (χ4v) is 3.52. The Hall–Kier alpha value is -0.400. The number of hydrogen-bond donors (Lipinski definition) is 0. The second kappa shape index (κ2) is 7.74. The average molecular weight is 362 g/mol. The van der Waals surface area contributed by atoms with E-state index in [1.807, 2.05) is 30.3 Å². The number of alkyl halides is 2. The normalized spacial score (nSPS) is 11.6. The van der Waals surface area contributed by atoms with Crippen molar-refractivity contribution in [1.82, 2.24) is 0 Å². The molecule has 0 saturated carbocycles. The Morgan fingerprint density at radius 2 is 1.48 bits per heavy atom. The van der Waals surface area contributed by atoms with Crippen LogP contribution in [0.2, 0.25) is 10.0 Å². The zero-order chi connectivity index (χ0) is 15.3. The molecular formula is C17H16Cl4. The van der Waals surface area contributed by atoms with Crippen LogP contribution in [0.4, 0.5) is 0 Å². The summed E-state index contributed by atoms with van der Waals surface area (Å²) >= 11 is 24.7. The average Bonchev–Trinajstić information content (AvgIpc) is 2.50. The topological polar surface area (TPSA) is 0 Å². The summed E-state index contributed by atoms with van der Waals surface area (Å²) < 4.78 is 0. The minimum atomic E-state index is -0.220. The van der Waals surface area contributed by atoms with Crippen LogP contribution in [0.25, 0.3) is 0 Å². The predicted octanol–water partition coefficient (Wildman–Crippen LogP) is 6.24. The third-order valence-corrected chi connectivity index (χ3v) is 5.29. The van der Waals surface area contributed by atoms with E-state index in [2.05, 4.69) is 12.1 Å². The second-order valence-corrected chi connectivity index (χ2v) is 6.72. The minimum absolute atomic E-state index is 0.220. The Kier molecular flexibility index (Phi) is 6.25. The Bertz CT molecular complexity index is 577. The van der Waals surface area contributed by atoms with Gasteiger partial charge in [0.1, 0.15) is 0 Å². The van der Waals surface area contributed by atoms with Gasteiger partial charge in [0, 0.05) is 27.2 Å². The second-order valence-electron chi connectivity index (χ2n) is 5.34. The van der Waals surface area contributed by atoms with E-state index < -0.39 is 0 Å². The quantitative estimate of drug-likeness (QED) is 0.534. The van der Waals surface area contributed by atoms with E-state index in [0.717, 1.165) is 18.4 Å². The molecule has 4 heteroatoms. The summed E-state index contributed by atoms with van der Waals surface area (Å²) in [5, 5.41) is 1.30. The van der Waals surface area contributed by atoms with Crippen LogP contribution < -0.4 is 0 Å². The largest absolute Gasteiger partial charge is 0.126 e. The van der Waals surface area contributed by atoms with E-state index in [1.165, 1.54) is 5.56 Å². The standard InChI is InChI=1S/C17H16Cl4/c18-11-17(12-19,9-13-4-2-1-3-5-13)10-14-6-7-15(20)8-16(14)21/h1-8H,9-12H2. The summed E-state index contributed by atoms with van der Waals surface area (Å²) in [5.41, 5.74) is 2.03. The maximum atomic E-state index is 6.28. The molecule has 0 unspecified atom stereocenters. The van der Waals surface area contributed by atoms with Gasteiger partial charge in [-0.25, -0.2) is 0 Å². The molecule has 0 bridgehead atoms. The van der Waals surface area contributed by atoms with Gasteiger partial charge in [-0.1, -0.05) is 59.6 Å². The molecule has 2 rings (SSSR count). The molecule has 0 aliphatic heterocycles. The number of benzene rings is 2. The van der Waals surface area contributed by atoms with Crippen LogP contribution in [0.1, 0.15) is 11.1 Å². The van der Waals surface area contributed by atoms with E-state index in [1.54, 1.807) is 6.07 Å². The zero-order valence-corrected chi connectivity index (χ0v) is 14.5. The highest BCUT2D eigenvalue weighted by Gasteiger charge is 2.30. The van der Waals surface area contributed by atoms with Crippen molar-refractivity contribution in [2.24, 2.45) is 5.41 Å². The summed E-state index contributed by atoms with van der Waals surface area (Å²) in [4.78, 5) is 0. The molecule has 0 radical (unpaired) electrons. The molecule has 0 aromatic heterocycles. The number of rotatable bonds is 6. The van der Waals surface area contributed by atoms with Gasteiger partial charge in [0.15, 0.2) is 0 Å². The van der Waals surface area contributed by atoms with Crippen molar-refractivity contribution in [2.75, 3.05) is 11.8 Å². The molecule has 2 aromatic carbocycles. The summed E-state index contributed by atoms with van der Waals surface area (Å²) in [6.45, 7) is 0. The smallest absolute Gasteiger partial charge is 0.0453 e. The third-order valence-electron chi connectivity index (χ3n) is 3.57. The van der Waals surface area contributed by atoms with Crippen LogP contribution in [0, 0.1) is 5.41 Å². The molecule has 112 valence electrons. The van der Waals surface area contributed by atoms with Gasteiger partial charge in [0.2, 0.25) is 0 Å². The lowest BCUT2D eigenvalue weighted by molar-refractivity contribution is 0.374. The van der Waals surface area contributed by atoms with Gasteiger partial charge >= 0.3 is 0 Å². The molecule has 0 heterocycles. The first-order valence-electron chi connectivity index (χ1n) is 6.68. The molecule has 0 nitrogen and oxygen atoms in total. The molecule has 2 aromatic rings. The third kappa shape index (κ3) is 4.53. The van der Waals surface area contributed by atoms with Crippen LogP contribution in [-0.2, 0) is 12.8 Å². The Balaban J connectivity index is 2.25. The first-order chi connectivity index (χ1) is 10.1. The van der Waals surface area contributed by atoms with Gasteiger partial charge < -0.3 is 0 Å². The molecule has 0 aliphatic rings. The summed E-state index contributed by atoms with van der Waals surface area (Å²) in [6.07, 6.45) is 1.55. The number of hydrogen-bond acceptors (Lipinski definition) is 0. The van der Waals surface area contributed by atoms with Crippen molar-refractivity contribution >= 4 is 46.4 Å². The first-order valence-corrected chi connectivity index (χ1v) is 8.51. The van der Waals surface area contributed by atoms with Crippen LogP contribution >= 0.6 is 46.4 Å². The van der Waals surface area contributed by atoms with E-state index in [0.29, 0.717) is 21.8 Å². The molecule has 0 saturated heterocycles. The van der Waals surface area contributed by atoms with Gasteiger partial charge in [0.05, 0.1) is 0 Å². The van der Waals surface area contributed by atoms with E-state index in [-0.39, 0.29) is 5.41 Å². The highest BCUT2D eigenvalue weighted by molar-refractivity contribution is 6.35. The first kappa shape index (κ1) is 17.0. The Morgan fingerprint density at radius 1 is 0.810 bits per heavy atom. The molecule has 0 aliphatic carbocycles.